The molecular weight excluding hydrogens is 319 g/mol. The number of nitrogens with zero attached hydrogens (tertiary/aromatic N) is 1. The van der Waals surface area contributed by atoms with E-state index < -0.39 is 6.10 Å². The molecule has 4 nitrogen and oxygen atoms in total. The van der Waals surface area contributed by atoms with E-state index in [4.69, 9.17) is 0 Å². The van der Waals surface area contributed by atoms with Crippen molar-refractivity contribution in [3.8, 4) is 0 Å². The van der Waals surface area contributed by atoms with Gasteiger partial charge in [0.15, 0.2) is 0 Å². The van der Waals surface area contributed by atoms with E-state index in [0.717, 1.165) is 16.5 Å². The number of aliphatic hydroxyl groups excluding tert-OH is 1. The molecule has 0 amide bonds. The molecule has 4 rings (SSSR count). The third-order valence-corrected chi connectivity index (χ3v) is 4.86. The second-order valence-corrected chi connectivity index (χ2v) is 6.54. The number of para-hydroxylation sites is 1. The van der Waals surface area contributed by atoms with Gasteiger partial charge >= 0.3 is 0 Å². The van der Waals surface area contributed by atoms with E-state index >= 15 is 0 Å². The minimum atomic E-state index is -0.568. The topological polar surface area (TPSA) is 56.3 Å². The summed E-state index contributed by atoms with van der Waals surface area (Å²) in [6.45, 7) is 1.08. The molecule has 0 spiro atoms. The highest BCUT2D eigenvalue weighted by molar-refractivity contribution is 5.78. The van der Waals surface area contributed by atoms with Gasteiger partial charge in [0.05, 0.1) is 12.1 Å². The zero-order valence-electron chi connectivity index (χ0n) is 13.7. The first kappa shape index (κ1) is 16.0. The van der Waals surface area contributed by atoms with Gasteiger partial charge in [-0.1, -0.05) is 30.3 Å². The molecule has 1 fully saturated rings. The molecule has 2 N–H and O–H groups in total. The van der Waals surface area contributed by atoms with Gasteiger partial charge < -0.3 is 10.1 Å². The number of nitrogens with one attached hydrogen (secondary N) is 1. The lowest BCUT2D eigenvalue weighted by molar-refractivity contribution is 0.112. The highest BCUT2D eigenvalue weighted by Crippen LogP contribution is 2.33. The Morgan fingerprint density at radius 2 is 2.00 bits per heavy atom. The second kappa shape index (κ2) is 6.43. The molecule has 0 aliphatic carbocycles. The molecule has 0 saturated carbocycles. The highest BCUT2D eigenvalue weighted by Gasteiger charge is 2.34. The number of likely N-dealkylation sites (tertiary alicyclic amines) is 1. The quantitative estimate of drug-likeness (QED) is 0.772. The van der Waals surface area contributed by atoms with Crippen molar-refractivity contribution < 1.29 is 9.50 Å². The fourth-order valence-corrected chi connectivity index (χ4v) is 3.67. The number of hydrogen-bond acceptors (Lipinski definition) is 3. The lowest BCUT2D eigenvalue weighted by Gasteiger charge is -2.26. The van der Waals surface area contributed by atoms with E-state index in [9.17, 15) is 14.3 Å². The van der Waals surface area contributed by atoms with Gasteiger partial charge in [0.25, 0.3) is 5.56 Å². The first-order valence-electron chi connectivity index (χ1n) is 8.40. The van der Waals surface area contributed by atoms with Crippen molar-refractivity contribution in [3.05, 3.63) is 81.9 Å². The maximum absolute atomic E-state index is 13.6. The number of rotatable bonds is 3. The van der Waals surface area contributed by atoms with Gasteiger partial charge in [-0.2, -0.15) is 0 Å². The van der Waals surface area contributed by atoms with E-state index in [-0.39, 0.29) is 17.4 Å². The Kier molecular flexibility index (Phi) is 4.11. The number of H-pyrrole nitrogens is 1. The normalized spacial score (nSPS) is 21.0. The Balaban J connectivity index is 1.67. The Labute approximate surface area is 144 Å². The smallest absolute Gasteiger partial charge is 0.252 e. The molecular formula is C20H19FN2O2. The summed E-state index contributed by atoms with van der Waals surface area (Å²) in [5.74, 6) is -0.319. The zero-order chi connectivity index (χ0) is 17.4. The number of aromatic nitrogens is 1. The largest absolute Gasteiger partial charge is 0.391 e. The van der Waals surface area contributed by atoms with Crippen LogP contribution >= 0.6 is 0 Å². The Morgan fingerprint density at radius 1 is 1.16 bits per heavy atom. The van der Waals surface area contributed by atoms with Crippen LogP contribution in [0.2, 0.25) is 0 Å². The summed E-state index contributed by atoms with van der Waals surface area (Å²) in [5, 5.41) is 11.3. The summed E-state index contributed by atoms with van der Waals surface area (Å²) >= 11 is 0. The van der Waals surface area contributed by atoms with E-state index in [1.54, 1.807) is 6.07 Å². The molecule has 1 saturated heterocycles. The fraction of sp³-hybridized carbons (Fsp3) is 0.250. The highest BCUT2D eigenvalue weighted by atomic mass is 19.1. The molecule has 2 atom stereocenters. The first-order chi connectivity index (χ1) is 12.1. The molecule has 128 valence electrons. The number of hydrogen-bond donors (Lipinski definition) is 2. The van der Waals surface area contributed by atoms with E-state index in [1.807, 2.05) is 41.3 Å². The van der Waals surface area contributed by atoms with Crippen molar-refractivity contribution in [2.24, 2.45) is 0 Å². The van der Waals surface area contributed by atoms with Gasteiger partial charge in [-0.3, -0.25) is 9.69 Å². The summed E-state index contributed by atoms with van der Waals surface area (Å²) in [6, 6.07) is 15.5. The van der Waals surface area contributed by atoms with Gasteiger partial charge in [-0.05, 0) is 41.6 Å². The van der Waals surface area contributed by atoms with Gasteiger partial charge in [0.2, 0.25) is 0 Å². The number of fused-ring (bicyclic) bond motifs is 1. The average molecular weight is 338 g/mol. The third kappa shape index (κ3) is 3.08. The predicted molar refractivity (Wildman–Crippen MR) is 94.7 cm³/mol. The first-order valence-corrected chi connectivity index (χ1v) is 8.40. The van der Waals surface area contributed by atoms with E-state index in [1.165, 1.54) is 12.1 Å². The average Bonchev–Trinajstić information content (AvgIpc) is 2.96. The van der Waals surface area contributed by atoms with Crippen LogP contribution in [0.25, 0.3) is 10.9 Å². The number of halogens is 1. The Morgan fingerprint density at radius 3 is 2.84 bits per heavy atom. The van der Waals surface area contributed by atoms with E-state index in [0.29, 0.717) is 25.1 Å². The lowest BCUT2D eigenvalue weighted by atomic mass is 10.0. The SMILES string of the molecule is O=c1[nH]c2ccccc2cc1CN1CC[C@@H](O)[C@H]1c1cccc(F)c1. The molecule has 2 heterocycles. The molecule has 1 aliphatic heterocycles. The van der Waals surface area contributed by atoms with Crippen molar-refractivity contribution in [3.63, 3.8) is 0 Å². The van der Waals surface area contributed by atoms with Crippen LogP contribution in [0, 0.1) is 5.82 Å². The molecule has 5 heteroatoms. The van der Waals surface area contributed by atoms with Gasteiger partial charge in [0, 0.05) is 24.2 Å². The maximum atomic E-state index is 13.6. The maximum Gasteiger partial charge on any atom is 0.252 e. The molecule has 1 aromatic heterocycles. The van der Waals surface area contributed by atoms with E-state index in [2.05, 4.69) is 4.98 Å². The van der Waals surface area contributed by atoms with Crippen LogP contribution in [0.3, 0.4) is 0 Å². The molecule has 0 unspecified atom stereocenters. The zero-order valence-corrected chi connectivity index (χ0v) is 13.7. The second-order valence-electron chi connectivity index (χ2n) is 6.54. The molecule has 0 radical (unpaired) electrons. The predicted octanol–water partition coefficient (Wildman–Crippen LogP) is 2.98. The molecule has 1 aliphatic rings. The number of benzene rings is 2. The summed E-state index contributed by atoms with van der Waals surface area (Å²) in [6.07, 6.45) is 0.0356. The number of aromatic amines is 1. The van der Waals surface area contributed by atoms with Crippen LogP contribution in [0.5, 0.6) is 0 Å². The Hall–Kier alpha value is -2.50. The fourth-order valence-electron chi connectivity index (χ4n) is 3.67. The van der Waals surface area contributed by atoms with Crippen molar-refractivity contribution >= 4 is 10.9 Å². The van der Waals surface area contributed by atoms with Crippen molar-refractivity contribution in [2.75, 3.05) is 6.54 Å². The summed E-state index contributed by atoms with van der Waals surface area (Å²) < 4.78 is 13.6. The summed E-state index contributed by atoms with van der Waals surface area (Å²) in [7, 11) is 0. The summed E-state index contributed by atoms with van der Waals surface area (Å²) in [5.41, 5.74) is 2.06. The molecule has 25 heavy (non-hydrogen) atoms. The van der Waals surface area contributed by atoms with Gasteiger partial charge in [-0.15, -0.1) is 0 Å². The third-order valence-electron chi connectivity index (χ3n) is 4.86. The van der Waals surface area contributed by atoms with Gasteiger partial charge in [0.1, 0.15) is 5.82 Å². The van der Waals surface area contributed by atoms with Crippen LogP contribution < -0.4 is 5.56 Å². The van der Waals surface area contributed by atoms with Crippen LogP contribution in [-0.2, 0) is 6.54 Å². The Bertz CT molecular complexity index is 969. The molecule has 3 aromatic rings. The molecule has 0 bridgehead atoms. The van der Waals surface area contributed by atoms with Crippen LogP contribution in [0.15, 0.2) is 59.4 Å². The van der Waals surface area contributed by atoms with Gasteiger partial charge in [-0.25, -0.2) is 4.39 Å². The monoisotopic (exact) mass is 338 g/mol. The van der Waals surface area contributed by atoms with Crippen LogP contribution in [-0.4, -0.2) is 27.6 Å². The number of aliphatic hydroxyl groups is 1. The van der Waals surface area contributed by atoms with Crippen molar-refractivity contribution in [2.45, 2.75) is 25.1 Å². The molecule has 2 aromatic carbocycles. The van der Waals surface area contributed by atoms with Crippen LogP contribution in [0.4, 0.5) is 4.39 Å². The minimum Gasteiger partial charge on any atom is -0.391 e. The van der Waals surface area contributed by atoms with Crippen molar-refractivity contribution in [1.29, 1.82) is 0 Å². The van der Waals surface area contributed by atoms with Crippen molar-refractivity contribution in [1.82, 2.24) is 9.88 Å². The summed E-state index contributed by atoms with van der Waals surface area (Å²) in [4.78, 5) is 17.3. The lowest BCUT2D eigenvalue weighted by Crippen LogP contribution is -2.29. The minimum absolute atomic E-state index is 0.127. The van der Waals surface area contributed by atoms with Crippen LogP contribution in [0.1, 0.15) is 23.6 Å². The number of pyridine rings is 1. The standard InChI is InChI=1S/C20H19FN2O2/c21-16-6-3-5-14(11-16)19-18(24)8-9-23(19)12-15-10-13-4-1-2-7-17(13)22-20(15)25/h1-7,10-11,18-19,24H,8-9,12H2,(H,22,25)/t18-,19-/m1/s1.